The van der Waals surface area contributed by atoms with Crippen LogP contribution < -0.4 is 10.2 Å². The van der Waals surface area contributed by atoms with Crippen molar-refractivity contribution in [3.8, 4) is 0 Å². The van der Waals surface area contributed by atoms with Crippen LogP contribution in [0, 0.1) is 10.1 Å². The Bertz CT molecular complexity index is 1130. The number of halogens is 1. The van der Waals surface area contributed by atoms with Gasteiger partial charge in [0.1, 0.15) is 0 Å². The largest absolute Gasteiger partial charge is 0.367 e. The molecule has 3 aromatic rings. The summed E-state index contributed by atoms with van der Waals surface area (Å²) in [5.74, 6) is -0.270. The SMILES string of the molecule is CN1c2ccccc2C(c2ccccc2)=NCC1CNC(=O)c1ccc([N+](=O)[O-])cc1.Cl. The fraction of sp³-hybridized carbons (Fsp3) is 0.167. The minimum Gasteiger partial charge on any atom is -0.367 e. The van der Waals surface area contributed by atoms with E-state index < -0.39 is 4.92 Å². The highest BCUT2D eigenvalue weighted by Gasteiger charge is 2.24. The Balaban J connectivity index is 0.00000289. The van der Waals surface area contributed by atoms with Gasteiger partial charge in [-0.05, 0) is 18.2 Å². The summed E-state index contributed by atoms with van der Waals surface area (Å²) in [7, 11) is 2.00. The summed E-state index contributed by atoms with van der Waals surface area (Å²) in [6.07, 6.45) is 0. The predicted molar refractivity (Wildman–Crippen MR) is 128 cm³/mol. The number of aliphatic imine (C=N–C) groups is 1. The van der Waals surface area contributed by atoms with Gasteiger partial charge in [0, 0.05) is 48.1 Å². The van der Waals surface area contributed by atoms with Gasteiger partial charge in [0.25, 0.3) is 11.6 Å². The number of benzodiazepines with no additional fused rings is 1. The molecule has 1 aliphatic heterocycles. The molecule has 0 aromatic heterocycles. The number of para-hydroxylation sites is 1. The number of hydrogen-bond donors (Lipinski definition) is 1. The fourth-order valence-corrected chi connectivity index (χ4v) is 3.67. The Labute approximate surface area is 192 Å². The minimum absolute atomic E-state index is 0. The number of nitro groups is 1. The number of rotatable bonds is 5. The highest BCUT2D eigenvalue weighted by Crippen LogP contribution is 2.27. The molecule has 1 heterocycles. The van der Waals surface area contributed by atoms with Crippen molar-refractivity contribution in [1.29, 1.82) is 0 Å². The van der Waals surface area contributed by atoms with E-state index in [1.54, 1.807) is 0 Å². The van der Waals surface area contributed by atoms with E-state index in [1.807, 2.05) is 49.5 Å². The Morgan fingerprint density at radius 2 is 1.72 bits per heavy atom. The van der Waals surface area contributed by atoms with Gasteiger partial charge >= 0.3 is 0 Å². The number of nitro benzene ring substituents is 1. The topological polar surface area (TPSA) is 87.8 Å². The molecule has 0 spiro atoms. The van der Waals surface area contributed by atoms with E-state index in [-0.39, 0.29) is 30.0 Å². The van der Waals surface area contributed by atoms with E-state index in [9.17, 15) is 14.9 Å². The Kier molecular flexibility index (Phi) is 7.22. The number of benzene rings is 3. The zero-order chi connectivity index (χ0) is 21.8. The first-order valence-electron chi connectivity index (χ1n) is 9.99. The Morgan fingerprint density at radius 3 is 2.41 bits per heavy atom. The van der Waals surface area contributed by atoms with Crippen molar-refractivity contribution in [3.05, 3.63) is 106 Å². The van der Waals surface area contributed by atoms with Gasteiger partial charge in [-0.25, -0.2) is 0 Å². The van der Waals surface area contributed by atoms with Gasteiger partial charge in [-0.3, -0.25) is 19.9 Å². The summed E-state index contributed by atoms with van der Waals surface area (Å²) < 4.78 is 0. The van der Waals surface area contributed by atoms with E-state index in [1.165, 1.54) is 24.3 Å². The molecule has 8 heteroatoms. The number of carbonyl (C=O) groups is 1. The second-order valence-electron chi connectivity index (χ2n) is 7.35. The van der Waals surface area contributed by atoms with Crippen molar-refractivity contribution in [1.82, 2.24) is 5.32 Å². The van der Waals surface area contributed by atoms with Crippen LogP contribution in [0.5, 0.6) is 0 Å². The van der Waals surface area contributed by atoms with Crippen LogP contribution in [0.15, 0.2) is 83.9 Å². The molecule has 0 saturated heterocycles. The van der Waals surface area contributed by atoms with E-state index in [0.717, 1.165) is 22.5 Å². The lowest BCUT2D eigenvalue weighted by atomic mass is 10.0. The van der Waals surface area contributed by atoms with E-state index in [4.69, 9.17) is 4.99 Å². The first-order chi connectivity index (χ1) is 15.0. The Hall–Kier alpha value is -3.71. The average molecular weight is 451 g/mol. The maximum absolute atomic E-state index is 12.6. The second-order valence-corrected chi connectivity index (χ2v) is 7.35. The molecule has 4 rings (SSSR count). The third-order valence-electron chi connectivity index (χ3n) is 5.43. The van der Waals surface area contributed by atoms with Gasteiger partial charge in [-0.15, -0.1) is 12.4 Å². The number of hydrogen-bond acceptors (Lipinski definition) is 5. The highest BCUT2D eigenvalue weighted by molar-refractivity contribution is 6.16. The number of anilines is 1. The van der Waals surface area contributed by atoms with Gasteiger partial charge in [0.05, 0.1) is 23.2 Å². The molecular weight excluding hydrogens is 428 g/mol. The summed E-state index contributed by atoms with van der Waals surface area (Å²) >= 11 is 0. The number of carbonyl (C=O) groups excluding carboxylic acids is 1. The average Bonchev–Trinajstić information content (AvgIpc) is 2.95. The molecule has 0 aliphatic carbocycles. The van der Waals surface area contributed by atoms with Crippen molar-refractivity contribution in [2.45, 2.75) is 6.04 Å². The third kappa shape index (κ3) is 4.78. The molecule has 1 atom stereocenters. The van der Waals surface area contributed by atoms with E-state index in [2.05, 4.69) is 22.3 Å². The number of nitrogens with zero attached hydrogens (tertiary/aromatic N) is 3. The first kappa shape index (κ1) is 23.0. The lowest BCUT2D eigenvalue weighted by molar-refractivity contribution is -0.384. The molecule has 164 valence electrons. The molecule has 0 fully saturated rings. The summed E-state index contributed by atoms with van der Waals surface area (Å²) in [6, 6.07) is 23.7. The van der Waals surface area contributed by atoms with Crippen LogP contribution in [0.25, 0.3) is 0 Å². The molecule has 1 N–H and O–H groups in total. The maximum Gasteiger partial charge on any atom is 0.269 e. The van der Waals surface area contributed by atoms with Crippen LogP contribution >= 0.6 is 12.4 Å². The normalized spacial score (nSPS) is 15.0. The van der Waals surface area contributed by atoms with E-state index >= 15 is 0 Å². The van der Waals surface area contributed by atoms with Gasteiger partial charge in [0.15, 0.2) is 0 Å². The number of fused-ring (bicyclic) bond motifs is 1. The van der Waals surface area contributed by atoms with Gasteiger partial charge < -0.3 is 10.2 Å². The van der Waals surface area contributed by atoms with Gasteiger partial charge in [-0.1, -0.05) is 48.5 Å². The van der Waals surface area contributed by atoms with Gasteiger partial charge in [-0.2, -0.15) is 0 Å². The fourth-order valence-electron chi connectivity index (χ4n) is 3.67. The highest BCUT2D eigenvalue weighted by atomic mass is 35.5. The number of likely N-dealkylation sites (N-methyl/N-ethyl adjacent to an activating group) is 1. The molecule has 7 nitrogen and oxygen atoms in total. The van der Waals surface area contributed by atoms with Crippen LogP contribution in [-0.4, -0.2) is 42.7 Å². The smallest absolute Gasteiger partial charge is 0.269 e. The molecule has 0 radical (unpaired) electrons. The van der Waals surface area contributed by atoms with Crippen LogP contribution in [0.1, 0.15) is 21.5 Å². The summed E-state index contributed by atoms with van der Waals surface area (Å²) in [6.45, 7) is 0.919. The van der Waals surface area contributed by atoms with E-state index in [0.29, 0.717) is 18.7 Å². The van der Waals surface area contributed by atoms with Crippen molar-refractivity contribution < 1.29 is 9.72 Å². The lowest BCUT2D eigenvalue weighted by Crippen LogP contribution is -2.43. The van der Waals surface area contributed by atoms with Crippen molar-refractivity contribution in [2.75, 3.05) is 25.0 Å². The van der Waals surface area contributed by atoms with Crippen LogP contribution in [-0.2, 0) is 0 Å². The molecular formula is C24H23ClN4O3. The van der Waals surface area contributed by atoms with Crippen molar-refractivity contribution in [3.63, 3.8) is 0 Å². The zero-order valence-electron chi connectivity index (χ0n) is 17.5. The Morgan fingerprint density at radius 1 is 1.06 bits per heavy atom. The number of non-ortho nitro benzene ring substituents is 1. The molecule has 1 amide bonds. The summed E-state index contributed by atoms with van der Waals surface area (Å²) in [5, 5.41) is 13.7. The maximum atomic E-state index is 12.6. The van der Waals surface area contributed by atoms with Crippen molar-refractivity contribution >= 4 is 35.4 Å². The second kappa shape index (κ2) is 10.1. The molecule has 3 aromatic carbocycles. The summed E-state index contributed by atoms with van der Waals surface area (Å²) in [5.41, 5.74) is 4.44. The van der Waals surface area contributed by atoms with Crippen molar-refractivity contribution in [2.24, 2.45) is 4.99 Å². The molecule has 1 aliphatic rings. The minimum atomic E-state index is -0.484. The molecule has 1 unspecified atom stereocenters. The molecule has 32 heavy (non-hydrogen) atoms. The van der Waals surface area contributed by atoms with Gasteiger partial charge in [0.2, 0.25) is 0 Å². The third-order valence-corrected chi connectivity index (χ3v) is 5.43. The molecule has 0 bridgehead atoms. The standard InChI is InChI=1S/C24H22N4O3.ClH/c1-27-20(16-26-24(29)18-11-13-19(14-12-18)28(30)31)15-25-23(17-7-3-2-4-8-17)21-9-5-6-10-22(21)27;/h2-14,20H,15-16H2,1H3,(H,26,29);1H. The first-order valence-corrected chi connectivity index (χ1v) is 9.99. The van der Waals surface area contributed by atoms with Crippen LogP contribution in [0.2, 0.25) is 0 Å². The quantitative estimate of drug-likeness (QED) is 0.468. The lowest BCUT2D eigenvalue weighted by Gasteiger charge is -2.28. The molecule has 0 saturated carbocycles. The number of amides is 1. The van der Waals surface area contributed by atoms with Crippen LogP contribution in [0.3, 0.4) is 0 Å². The predicted octanol–water partition coefficient (Wildman–Crippen LogP) is 4.10. The number of nitrogens with one attached hydrogen (secondary N) is 1. The summed E-state index contributed by atoms with van der Waals surface area (Å²) in [4.78, 5) is 29.9. The monoisotopic (exact) mass is 450 g/mol. The zero-order valence-corrected chi connectivity index (χ0v) is 18.3. The van der Waals surface area contributed by atoms with Crippen LogP contribution in [0.4, 0.5) is 11.4 Å².